The second-order valence-electron chi connectivity index (χ2n) is 4.54. The molecule has 0 fully saturated rings. The van der Waals surface area contributed by atoms with Crippen molar-refractivity contribution in [1.29, 1.82) is 0 Å². The van der Waals surface area contributed by atoms with E-state index in [1.807, 2.05) is 41.1 Å². The summed E-state index contributed by atoms with van der Waals surface area (Å²) < 4.78 is 7.09. The molecular formula is C15H13Cl2N3O. The van der Waals surface area contributed by atoms with Gasteiger partial charge in [0.05, 0.1) is 35.1 Å². The molecule has 0 aliphatic rings. The van der Waals surface area contributed by atoms with Crippen LogP contribution >= 0.6 is 23.2 Å². The fourth-order valence-electron chi connectivity index (χ4n) is 2.05. The summed E-state index contributed by atoms with van der Waals surface area (Å²) >= 11 is 12.1. The predicted molar refractivity (Wildman–Crippen MR) is 85.5 cm³/mol. The molecule has 6 heteroatoms. The van der Waals surface area contributed by atoms with Gasteiger partial charge in [-0.05, 0) is 24.3 Å². The Morgan fingerprint density at radius 2 is 2.05 bits per heavy atom. The van der Waals surface area contributed by atoms with Crippen LogP contribution in [0.15, 0.2) is 42.7 Å². The van der Waals surface area contributed by atoms with Crippen molar-refractivity contribution in [2.75, 3.05) is 12.4 Å². The number of halogens is 2. The third kappa shape index (κ3) is 3.06. The van der Waals surface area contributed by atoms with Gasteiger partial charge in [-0.3, -0.25) is 0 Å². The molecule has 2 heterocycles. The van der Waals surface area contributed by atoms with Gasteiger partial charge >= 0.3 is 0 Å². The van der Waals surface area contributed by atoms with Gasteiger partial charge in [-0.15, -0.1) is 0 Å². The summed E-state index contributed by atoms with van der Waals surface area (Å²) in [6.45, 7) is 0.562. The van der Waals surface area contributed by atoms with E-state index in [0.717, 1.165) is 22.8 Å². The van der Waals surface area contributed by atoms with E-state index in [0.29, 0.717) is 16.6 Å². The molecule has 0 unspecified atom stereocenters. The summed E-state index contributed by atoms with van der Waals surface area (Å²) in [6, 6.07) is 9.17. The van der Waals surface area contributed by atoms with Crippen LogP contribution in [-0.2, 0) is 6.54 Å². The molecule has 1 aromatic carbocycles. The summed E-state index contributed by atoms with van der Waals surface area (Å²) in [5, 5.41) is 4.58. The largest absolute Gasteiger partial charge is 0.497 e. The van der Waals surface area contributed by atoms with Crippen LogP contribution in [-0.4, -0.2) is 16.5 Å². The number of aromatic nitrogens is 2. The highest BCUT2D eigenvalue weighted by atomic mass is 35.5. The number of nitrogens with zero attached hydrogens (tertiary/aromatic N) is 2. The molecule has 0 saturated carbocycles. The van der Waals surface area contributed by atoms with Crippen molar-refractivity contribution >= 4 is 34.5 Å². The topological polar surface area (TPSA) is 38.6 Å². The average Bonchev–Trinajstić information content (AvgIpc) is 2.88. The molecule has 3 aromatic rings. The highest BCUT2D eigenvalue weighted by Gasteiger charge is 2.05. The number of methoxy groups -OCH3 is 1. The lowest BCUT2D eigenvalue weighted by Gasteiger charge is -2.08. The summed E-state index contributed by atoms with van der Waals surface area (Å²) in [6.07, 6.45) is 3.76. The molecule has 0 aliphatic carbocycles. The number of rotatable bonds is 4. The normalized spacial score (nSPS) is 10.8. The van der Waals surface area contributed by atoms with Gasteiger partial charge in [0.15, 0.2) is 0 Å². The fourth-order valence-corrected chi connectivity index (χ4v) is 2.41. The predicted octanol–water partition coefficient (Wildman–Crippen LogP) is 4.26. The number of anilines is 1. The maximum Gasteiger partial charge on any atom is 0.137 e. The van der Waals surface area contributed by atoms with Gasteiger partial charge in [-0.25, -0.2) is 4.98 Å². The minimum Gasteiger partial charge on any atom is -0.497 e. The Balaban J connectivity index is 1.80. The van der Waals surface area contributed by atoms with Gasteiger partial charge in [0.2, 0.25) is 0 Å². The lowest BCUT2D eigenvalue weighted by atomic mass is 10.3. The van der Waals surface area contributed by atoms with Crippen molar-refractivity contribution in [2.45, 2.75) is 6.54 Å². The molecule has 4 nitrogen and oxygen atoms in total. The summed E-state index contributed by atoms with van der Waals surface area (Å²) in [5.41, 5.74) is 2.56. The van der Waals surface area contributed by atoms with E-state index in [4.69, 9.17) is 27.9 Å². The minimum atomic E-state index is 0.562. The van der Waals surface area contributed by atoms with E-state index in [1.165, 1.54) is 0 Å². The first kappa shape index (κ1) is 14.0. The van der Waals surface area contributed by atoms with Gasteiger partial charge in [0, 0.05) is 18.5 Å². The van der Waals surface area contributed by atoms with Gasteiger partial charge in [0.1, 0.15) is 11.4 Å². The van der Waals surface area contributed by atoms with Crippen molar-refractivity contribution in [3.8, 4) is 5.75 Å². The summed E-state index contributed by atoms with van der Waals surface area (Å²) in [5.74, 6) is 0.753. The zero-order valence-electron chi connectivity index (χ0n) is 11.3. The molecule has 0 atom stereocenters. The molecule has 0 radical (unpaired) electrons. The van der Waals surface area contributed by atoms with Gasteiger partial charge in [-0.1, -0.05) is 23.2 Å². The van der Waals surface area contributed by atoms with E-state index in [-0.39, 0.29) is 0 Å². The number of hydrogen-bond acceptors (Lipinski definition) is 3. The molecule has 0 saturated heterocycles. The van der Waals surface area contributed by atoms with Gasteiger partial charge in [-0.2, -0.15) is 0 Å². The van der Waals surface area contributed by atoms with Gasteiger partial charge < -0.3 is 14.5 Å². The molecule has 21 heavy (non-hydrogen) atoms. The number of imidazole rings is 1. The molecular weight excluding hydrogens is 309 g/mol. The van der Waals surface area contributed by atoms with Crippen LogP contribution in [0.4, 0.5) is 5.69 Å². The van der Waals surface area contributed by atoms with Gasteiger partial charge in [0.25, 0.3) is 0 Å². The first-order valence-electron chi connectivity index (χ1n) is 6.36. The van der Waals surface area contributed by atoms with Crippen molar-refractivity contribution in [2.24, 2.45) is 0 Å². The molecule has 1 N–H and O–H groups in total. The smallest absolute Gasteiger partial charge is 0.137 e. The van der Waals surface area contributed by atoms with Crippen LogP contribution < -0.4 is 10.1 Å². The Kier molecular flexibility index (Phi) is 3.90. The Labute approximate surface area is 132 Å². The van der Waals surface area contributed by atoms with Crippen LogP contribution in [0.3, 0.4) is 0 Å². The Morgan fingerprint density at radius 3 is 2.86 bits per heavy atom. The lowest BCUT2D eigenvalue weighted by Crippen LogP contribution is -2.00. The van der Waals surface area contributed by atoms with Crippen LogP contribution in [0.25, 0.3) is 5.65 Å². The number of benzene rings is 1. The van der Waals surface area contributed by atoms with Crippen LogP contribution in [0.2, 0.25) is 10.0 Å². The minimum absolute atomic E-state index is 0.562. The standard InChI is InChI=1S/C15H13Cl2N3O/c1-21-12-3-4-13(17)14(6-12)18-7-11-9-20-8-10(16)2-5-15(20)19-11/h2-6,8-9,18H,7H2,1H3. The van der Waals surface area contributed by atoms with Crippen LogP contribution in [0, 0.1) is 0 Å². The maximum absolute atomic E-state index is 6.16. The van der Waals surface area contributed by atoms with E-state index < -0.39 is 0 Å². The van der Waals surface area contributed by atoms with Crippen molar-refractivity contribution in [3.63, 3.8) is 0 Å². The molecule has 0 aliphatic heterocycles. The monoisotopic (exact) mass is 321 g/mol. The number of fused-ring (bicyclic) bond motifs is 1. The molecule has 0 bridgehead atoms. The fraction of sp³-hybridized carbons (Fsp3) is 0.133. The summed E-state index contributed by atoms with van der Waals surface area (Å²) in [7, 11) is 1.62. The molecule has 3 rings (SSSR count). The summed E-state index contributed by atoms with van der Waals surface area (Å²) in [4.78, 5) is 4.51. The highest BCUT2D eigenvalue weighted by molar-refractivity contribution is 6.33. The van der Waals surface area contributed by atoms with Crippen molar-refractivity contribution < 1.29 is 4.74 Å². The van der Waals surface area contributed by atoms with E-state index in [1.54, 1.807) is 13.2 Å². The molecule has 108 valence electrons. The van der Waals surface area contributed by atoms with Crippen LogP contribution in [0.5, 0.6) is 5.75 Å². The van der Waals surface area contributed by atoms with Crippen molar-refractivity contribution in [3.05, 3.63) is 58.5 Å². The zero-order valence-corrected chi connectivity index (χ0v) is 12.8. The SMILES string of the molecule is COc1ccc(Cl)c(NCc2cn3cc(Cl)ccc3n2)c1. The van der Waals surface area contributed by atoms with Crippen LogP contribution in [0.1, 0.15) is 5.69 Å². The second-order valence-corrected chi connectivity index (χ2v) is 5.39. The lowest BCUT2D eigenvalue weighted by molar-refractivity contribution is 0.415. The molecule has 0 amide bonds. The van der Waals surface area contributed by atoms with Crippen molar-refractivity contribution in [1.82, 2.24) is 9.38 Å². The third-order valence-electron chi connectivity index (χ3n) is 3.10. The molecule has 2 aromatic heterocycles. The quantitative estimate of drug-likeness (QED) is 0.780. The first-order valence-corrected chi connectivity index (χ1v) is 7.12. The number of nitrogens with one attached hydrogen (secondary N) is 1. The number of pyridine rings is 1. The maximum atomic E-state index is 6.16. The third-order valence-corrected chi connectivity index (χ3v) is 3.65. The second kappa shape index (κ2) is 5.84. The van der Waals surface area contributed by atoms with E-state index in [2.05, 4.69) is 10.3 Å². The van der Waals surface area contributed by atoms with E-state index >= 15 is 0 Å². The zero-order chi connectivity index (χ0) is 14.8. The Hall–Kier alpha value is -1.91. The number of ether oxygens (including phenoxy) is 1. The highest BCUT2D eigenvalue weighted by Crippen LogP contribution is 2.27. The number of hydrogen-bond donors (Lipinski definition) is 1. The first-order chi connectivity index (χ1) is 10.2. The average molecular weight is 322 g/mol. The van der Waals surface area contributed by atoms with E-state index in [9.17, 15) is 0 Å². The molecule has 0 spiro atoms. The Morgan fingerprint density at radius 1 is 1.19 bits per heavy atom. The Bertz CT molecular complexity index is 786.